The van der Waals surface area contributed by atoms with Crippen LogP contribution in [0.5, 0.6) is 0 Å². The highest BCUT2D eigenvalue weighted by atomic mass is 35.5. The van der Waals surface area contributed by atoms with E-state index in [0.29, 0.717) is 17.7 Å². The number of sulfonamides is 1. The summed E-state index contributed by atoms with van der Waals surface area (Å²) in [7, 11) is -3.64. The average molecular weight is 531 g/mol. The molecule has 0 saturated heterocycles. The van der Waals surface area contributed by atoms with E-state index in [2.05, 4.69) is 9.71 Å². The molecule has 4 aromatic rings. The van der Waals surface area contributed by atoms with Gasteiger partial charge in [-0.1, -0.05) is 42.8 Å². The number of thiophene rings is 1. The second kappa shape index (κ2) is 9.59. The number of hydrogen-bond acceptors (Lipinski definition) is 5. The van der Waals surface area contributed by atoms with E-state index in [0.717, 1.165) is 26.9 Å². The summed E-state index contributed by atoms with van der Waals surface area (Å²) in [5.41, 5.74) is 2.72. The van der Waals surface area contributed by atoms with Gasteiger partial charge >= 0.3 is 0 Å². The summed E-state index contributed by atoms with van der Waals surface area (Å²) in [6.45, 7) is 1.97. The minimum absolute atomic E-state index is 0.0285. The van der Waals surface area contributed by atoms with Gasteiger partial charge in [0.2, 0.25) is 10.0 Å². The average Bonchev–Trinajstić information content (AvgIpc) is 3.62. The lowest BCUT2D eigenvalue weighted by Crippen LogP contribution is -2.32. The number of nitrogens with zero attached hydrogens (tertiary/aromatic N) is 1. The van der Waals surface area contributed by atoms with Crippen LogP contribution in [0, 0.1) is 5.82 Å². The van der Waals surface area contributed by atoms with Crippen molar-refractivity contribution < 1.29 is 17.9 Å². The Morgan fingerprint density at radius 3 is 2.69 bits per heavy atom. The van der Waals surface area contributed by atoms with Gasteiger partial charge in [-0.25, -0.2) is 17.5 Å². The van der Waals surface area contributed by atoms with Crippen LogP contribution in [0.25, 0.3) is 21.3 Å². The highest BCUT2D eigenvalue weighted by molar-refractivity contribution is 7.90. The van der Waals surface area contributed by atoms with Gasteiger partial charge in [-0.3, -0.25) is 4.98 Å². The number of pyridine rings is 1. The summed E-state index contributed by atoms with van der Waals surface area (Å²) in [4.78, 5) is 5.18. The van der Waals surface area contributed by atoms with Gasteiger partial charge in [0, 0.05) is 44.4 Å². The molecular weight excluding hydrogens is 507 g/mol. The molecule has 0 spiro atoms. The van der Waals surface area contributed by atoms with Crippen LogP contribution in [0.1, 0.15) is 47.7 Å². The summed E-state index contributed by atoms with van der Waals surface area (Å²) in [6.07, 6.45) is 2.91. The normalized spacial score (nSPS) is 15.9. The molecule has 9 heteroatoms. The minimum Gasteiger partial charge on any atom is -0.396 e. The molecule has 2 heterocycles. The first-order chi connectivity index (χ1) is 16.8. The standard InChI is InChI=1S/C26H24ClFN2O3S2/c1-15(14-31)16-10-11-29-22(12-16)19-5-2-4-17-13-23(34-26(17)19)25(30-35(32,33)18-8-9-18)24-20(27)6-3-7-21(24)28/h2-7,10-13,15,18,25,30-31H,8-9,14H2,1H3. The molecule has 0 radical (unpaired) electrons. The Bertz CT molecular complexity index is 1480. The Morgan fingerprint density at radius 1 is 1.20 bits per heavy atom. The van der Waals surface area contributed by atoms with Crippen LogP contribution in [-0.4, -0.2) is 30.4 Å². The Labute approximate surface area is 212 Å². The third-order valence-corrected chi connectivity index (χ3v) is 9.78. The van der Waals surface area contributed by atoms with Crippen LogP contribution in [0.3, 0.4) is 0 Å². The smallest absolute Gasteiger partial charge is 0.215 e. The van der Waals surface area contributed by atoms with E-state index in [1.807, 2.05) is 43.3 Å². The van der Waals surface area contributed by atoms with Gasteiger partial charge < -0.3 is 5.11 Å². The van der Waals surface area contributed by atoms with Crippen LogP contribution >= 0.6 is 22.9 Å². The van der Waals surface area contributed by atoms with E-state index in [4.69, 9.17) is 11.6 Å². The molecule has 35 heavy (non-hydrogen) atoms. The van der Waals surface area contributed by atoms with E-state index < -0.39 is 27.1 Å². The number of aromatic nitrogens is 1. The van der Waals surface area contributed by atoms with Crippen molar-refractivity contribution in [3.05, 3.63) is 87.6 Å². The molecule has 5 nitrogen and oxygen atoms in total. The van der Waals surface area contributed by atoms with E-state index in [1.54, 1.807) is 12.3 Å². The third-order valence-electron chi connectivity index (χ3n) is 6.28. The topological polar surface area (TPSA) is 79.3 Å². The lowest BCUT2D eigenvalue weighted by Gasteiger charge is -2.20. The number of halogens is 2. The first kappa shape index (κ1) is 24.3. The number of nitrogens with one attached hydrogen (secondary N) is 1. The first-order valence-electron chi connectivity index (χ1n) is 11.3. The minimum atomic E-state index is -3.64. The van der Waals surface area contributed by atoms with Crippen molar-refractivity contribution >= 4 is 43.0 Å². The van der Waals surface area contributed by atoms with Crippen LogP contribution in [-0.2, 0) is 10.0 Å². The number of aliphatic hydroxyl groups excluding tert-OH is 1. The molecule has 2 aromatic heterocycles. The van der Waals surface area contributed by atoms with Gasteiger partial charge in [0.05, 0.1) is 17.0 Å². The van der Waals surface area contributed by atoms with Gasteiger partial charge in [-0.2, -0.15) is 0 Å². The lowest BCUT2D eigenvalue weighted by atomic mass is 10.00. The summed E-state index contributed by atoms with van der Waals surface area (Å²) < 4.78 is 44.4. The zero-order valence-electron chi connectivity index (χ0n) is 18.9. The molecule has 1 fully saturated rings. The zero-order valence-corrected chi connectivity index (χ0v) is 21.3. The molecule has 2 atom stereocenters. The summed E-state index contributed by atoms with van der Waals surface area (Å²) in [6, 6.07) is 14.9. The van der Waals surface area contributed by atoms with Crippen LogP contribution in [0.4, 0.5) is 4.39 Å². The second-order valence-corrected chi connectivity index (χ2v) is 12.3. The molecule has 5 rings (SSSR count). The fourth-order valence-corrected chi connectivity index (χ4v) is 7.23. The fourth-order valence-electron chi connectivity index (χ4n) is 4.12. The van der Waals surface area contributed by atoms with Crippen molar-refractivity contribution in [2.75, 3.05) is 6.61 Å². The summed E-state index contributed by atoms with van der Waals surface area (Å²) >= 11 is 7.77. The van der Waals surface area contributed by atoms with E-state index >= 15 is 0 Å². The maximum atomic E-state index is 15.0. The van der Waals surface area contributed by atoms with Gasteiger partial charge in [0.25, 0.3) is 0 Å². The number of aliphatic hydroxyl groups is 1. The van der Waals surface area contributed by atoms with Crippen molar-refractivity contribution in [2.45, 2.75) is 37.0 Å². The molecule has 1 saturated carbocycles. The highest BCUT2D eigenvalue weighted by Crippen LogP contribution is 2.42. The predicted octanol–water partition coefficient (Wildman–Crippen LogP) is 6.02. The van der Waals surface area contributed by atoms with Gasteiger partial charge in [-0.15, -0.1) is 11.3 Å². The largest absolute Gasteiger partial charge is 0.396 e. The van der Waals surface area contributed by atoms with Crippen molar-refractivity contribution in [1.29, 1.82) is 0 Å². The molecular formula is C26H24ClFN2O3S2. The lowest BCUT2D eigenvalue weighted by molar-refractivity contribution is 0.273. The first-order valence-corrected chi connectivity index (χ1v) is 14.1. The fraction of sp³-hybridized carbons (Fsp3) is 0.269. The van der Waals surface area contributed by atoms with Crippen LogP contribution in [0.2, 0.25) is 5.02 Å². The predicted molar refractivity (Wildman–Crippen MR) is 139 cm³/mol. The van der Waals surface area contributed by atoms with Gasteiger partial charge in [-0.05, 0) is 54.1 Å². The molecule has 0 amide bonds. The van der Waals surface area contributed by atoms with Gasteiger partial charge in [0.1, 0.15) is 5.82 Å². The highest BCUT2D eigenvalue weighted by Gasteiger charge is 2.39. The maximum absolute atomic E-state index is 15.0. The Balaban J connectivity index is 1.64. The number of benzene rings is 2. The van der Waals surface area contributed by atoms with E-state index in [-0.39, 0.29) is 23.1 Å². The third kappa shape index (κ3) is 4.86. The Hall–Kier alpha value is -2.36. The quantitative estimate of drug-likeness (QED) is 0.292. The van der Waals surface area contributed by atoms with Gasteiger partial charge in [0.15, 0.2) is 0 Å². The van der Waals surface area contributed by atoms with Crippen molar-refractivity contribution in [2.24, 2.45) is 0 Å². The molecule has 2 N–H and O–H groups in total. The zero-order chi connectivity index (χ0) is 24.7. The van der Waals surface area contributed by atoms with E-state index in [9.17, 15) is 17.9 Å². The van der Waals surface area contributed by atoms with E-state index in [1.165, 1.54) is 23.5 Å². The molecule has 2 aromatic carbocycles. The Kier molecular flexibility index (Phi) is 6.67. The second-order valence-electron chi connectivity index (χ2n) is 8.86. The van der Waals surface area contributed by atoms with Crippen molar-refractivity contribution in [1.82, 2.24) is 9.71 Å². The maximum Gasteiger partial charge on any atom is 0.215 e. The SMILES string of the molecule is CC(CO)c1ccnc(-c2cccc3cc(C(NS(=O)(=O)C4CC4)c4c(F)cccc4Cl)sc23)c1. The monoisotopic (exact) mass is 530 g/mol. The van der Waals surface area contributed by atoms with Crippen LogP contribution < -0.4 is 4.72 Å². The number of fused-ring (bicyclic) bond motifs is 1. The molecule has 1 aliphatic carbocycles. The Morgan fingerprint density at radius 2 is 1.97 bits per heavy atom. The molecule has 0 aliphatic heterocycles. The van der Waals surface area contributed by atoms with Crippen molar-refractivity contribution in [3.63, 3.8) is 0 Å². The molecule has 2 unspecified atom stereocenters. The number of hydrogen-bond donors (Lipinski definition) is 2. The van der Waals surface area contributed by atoms with Crippen molar-refractivity contribution in [3.8, 4) is 11.3 Å². The van der Waals surface area contributed by atoms with Crippen LogP contribution in [0.15, 0.2) is 60.8 Å². The number of rotatable bonds is 8. The molecule has 182 valence electrons. The molecule has 1 aliphatic rings. The summed E-state index contributed by atoms with van der Waals surface area (Å²) in [5, 5.41) is 10.2. The molecule has 0 bridgehead atoms. The summed E-state index contributed by atoms with van der Waals surface area (Å²) in [5.74, 6) is -0.592.